The molecule has 1 aromatic rings. The molecule has 0 aliphatic rings. The number of hydrogen-bond donors (Lipinski definition) is 0. The molecule has 1 aromatic carbocycles. The molecular formula is C8H4BrCl2F3O3S. The average Bonchev–Trinajstić information content (AvgIpc) is 2.12. The van der Waals surface area contributed by atoms with Crippen molar-refractivity contribution in [3.05, 3.63) is 34.3 Å². The number of carbonyl (C=O) groups is 1. The molecule has 0 unspecified atom stereocenters. The molecule has 18 heavy (non-hydrogen) atoms. The van der Waals surface area contributed by atoms with E-state index in [4.69, 9.17) is 8.42 Å². The highest BCUT2D eigenvalue weighted by Crippen LogP contribution is 2.22. The van der Waals surface area contributed by atoms with Crippen molar-refractivity contribution in [3.8, 4) is 0 Å². The largest absolute Gasteiger partial charge is 0.454 e. The summed E-state index contributed by atoms with van der Waals surface area (Å²) in [6.07, 6.45) is -4.80. The quantitative estimate of drug-likeness (QED) is 0.542. The van der Waals surface area contributed by atoms with Crippen LogP contribution < -0.4 is 0 Å². The molecule has 0 aliphatic heterocycles. The minimum atomic E-state index is -4.80. The van der Waals surface area contributed by atoms with Gasteiger partial charge in [-0.2, -0.15) is 21.6 Å². The number of Topliss-reactive ketones (excluding diaryl/α,β-unsaturated/α-hetero) is 1. The van der Waals surface area contributed by atoms with Crippen molar-refractivity contribution in [2.24, 2.45) is 0 Å². The van der Waals surface area contributed by atoms with Gasteiger partial charge in [0.05, 0.1) is 0 Å². The van der Waals surface area contributed by atoms with Gasteiger partial charge in [-0.05, 0) is 12.1 Å². The lowest BCUT2D eigenvalue weighted by Gasteiger charge is -2.04. The molecule has 0 aromatic heterocycles. The number of halogens is 6. The summed E-state index contributed by atoms with van der Waals surface area (Å²) in [6, 6.07) is 5.19. The highest BCUT2D eigenvalue weighted by Gasteiger charge is 2.39. The third kappa shape index (κ3) is 8.73. The van der Waals surface area contributed by atoms with E-state index < -0.39 is 20.2 Å². The van der Waals surface area contributed by atoms with Crippen LogP contribution in [-0.2, 0) is 8.26 Å². The van der Waals surface area contributed by atoms with Gasteiger partial charge < -0.3 is 0 Å². The Morgan fingerprint density at radius 1 is 1.22 bits per heavy atom. The molecule has 3 nitrogen and oxygen atoms in total. The van der Waals surface area contributed by atoms with Gasteiger partial charge in [0, 0.05) is 31.4 Å². The maximum absolute atomic E-state index is 11.9. The zero-order valence-corrected chi connectivity index (χ0v) is 12.1. The summed E-state index contributed by atoms with van der Waals surface area (Å²) in [5.74, 6) is -1.83. The predicted octanol–water partition coefficient (Wildman–Crippen LogP) is 3.90. The third-order valence-corrected chi connectivity index (χ3v) is 1.84. The summed E-state index contributed by atoms with van der Waals surface area (Å²) < 4.78 is 54.5. The Kier molecular flexibility index (Phi) is 6.62. The summed E-state index contributed by atoms with van der Waals surface area (Å²) in [5, 5.41) is 0. The van der Waals surface area contributed by atoms with Crippen LogP contribution >= 0.6 is 37.3 Å². The van der Waals surface area contributed by atoms with Crippen molar-refractivity contribution >= 4 is 51.3 Å². The van der Waals surface area contributed by atoms with Crippen LogP contribution in [0.1, 0.15) is 10.4 Å². The minimum Gasteiger partial charge on any atom is -0.284 e. The van der Waals surface area contributed by atoms with E-state index in [9.17, 15) is 18.0 Å². The Morgan fingerprint density at radius 3 is 2.00 bits per heavy atom. The van der Waals surface area contributed by atoms with Gasteiger partial charge in [0.1, 0.15) is 0 Å². The topological polar surface area (TPSA) is 51.2 Å². The molecule has 0 saturated carbocycles. The van der Waals surface area contributed by atoms with Crippen molar-refractivity contribution in [1.82, 2.24) is 0 Å². The Hall–Kier alpha value is -0.310. The third-order valence-electron chi connectivity index (χ3n) is 1.34. The predicted molar refractivity (Wildman–Crippen MR) is 65.2 cm³/mol. The molecule has 0 bridgehead atoms. The number of alkyl halides is 3. The van der Waals surface area contributed by atoms with Crippen molar-refractivity contribution in [1.29, 1.82) is 0 Å². The van der Waals surface area contributed by atoms with Crippen LogP contribution in [0, 0.1) is 0 Å². The maximum Gasteiger partial charge on any atom is 0.454 e. The molecule has 1 rings (SSSR count). The number of carbonyl (C=O) groups excluding carboxylic acids is 1. The first-order chi connectivity index (χ1) is 7.91. The van der Waals surface area contributed by atoms with Crippen LogP contribution in [0.25, 0.3) is 0 Å². The molecule has 0 saturated heterocycles. The van der Waals surface area contributed by atoms with Gasteiger partial charge >= 0.3 is 14.4 Å². The van der Waals surface area contributed by atoms with Gasteiger partial charge in [-0.1, -0.05) is 28.1 Å². The van der Waals surface area contributed by atoms with Gasteiger partial charge in [-0.25, -0.2) is 0 Å². The van der Waals surface area contributed by atoms with Crippen molar-refractivity contribution in [2.45, 2.75) is 6.18 Å². The number of hydrogen-bond acceptors (Lipinski definition) is 3. The molecule has 0 N–H and O–H groups in total. The van der Waals surface area contributed by atoms with E-state index >= 15 is 0 Å². The zero-order valence-electron chi connectivity index (χ0n) is 8.21. The molecule has 0 aliphatic carbocycles. The Balaban J connectivity index is 0.000000494. The van der Waals surface area contributed by atoms with Crippen LogP contribution in [0.2, 0.25) is 0 Å². The number of rotatable bonds is 1. The van der Waals surface area contributed by atoms with E-state index in [1.807, 2.05) is 0 Å². The van der Waals surface area contributed by atoms with E-state index in [0.29, 0.717) is 4.47 Å². The molecule has 0 amide bonds. The molecule has 0 heterocycles. The van der Waals surface area contributed by atoms with Gasteiger partial charge in [0.25, 0.3) is 5.78 Å². The monoisotopic (exact) mass is 386 g/mol. The summed E-state index contributed by atoms with van der Waals surface area (Å²) in [7, 11) is 4.81. The highest BCUT2D eigenvalue weighted by atomic mass is 79.9. The van der Waals surface area contributed by atoms with Gasteiger partial charge in [-0.15, -0.1) is 0 Å². The minimum absolute atomic E-state index is 0.359. The first-order valence-electron chi connectivity index (χ1n) is 3.92. The number of ketones is 1. The second-order valence-corrected chi connectivity index (χ2v) is 7.30. The molecule has 10 heteroatoms. The van der Waals surface area contributed by atoms with E-state index in [0.717, 1.165) is 12.1 Å². The van der Waals surface area contributed by atoms with Crippen molar-refractivity contribution in [3.63, 3.8) is 0 Å². The Bertz CT molecular complexity index is 523. The van der Waals surface area contributed by atoms with Gasteiger partial charge in [0.2, 0.25) is 0 Å². The summed E-state index contributed by atoms with van der Waals surface area (Å²) in [5.41, 5.74) is -0.359. The number of benzene rings is 1. The maximum atomic E-state index is 11.9. The molecule has 0 fully saturated rings. The molecule has 0 atom stereocenters. The normalized spacial score (nSPS) is 11.4. The lowest BCUT2D eigenvalue weighted by molar-refractivity contribution is -0.0885. The fourth-order valence-corrected chi connectivity index (χ4v) is 1.19. The van der Waals surface area contributed by atoms with Crippen LogP contribution in [0.4, 0.5) is 13.2 Å². The van der Waals surface area contributed by atoms with Crippen LogP contribution in [-0.4, -0.2) is 20.4 Å². The van der Waals surface area contributed by atoms with E-state index in [1.165, 1.54) is 6.07 Å². The Labute approximate surface area is 118 Å². The van der Waals surface area contributed by atoms with Crippen LogP contribution in [0.3, 0.4) is 0 Å². The van der Waals surface area contributed by atoms with Crippen molar-refractivity contribution in [2.75, 3.05) is 0 Å². The first-order valence-corrected chi connectivity index (χ1v) is 7.85. The van der Waals surface area contributed by atoms with E-state index in [2.05, 4.69) is 37.3 Å². The smallest absolute Gasteiger partial charge is 0.284 e. The highest BCUT2D eigenvalue weighted by molar-refractivity contribution is 9.10. The van der Waals surface area contributed by atoms with Gasteiger partial charge in [0.15, 0.2) is 0 Å². The fraction of sp³-hybridized carbons (Fsp3) is 0.125. The molecular weight excluding hydrogens is 384 g/mol. The zero-order chi connectivity index (χ0) is 14.6. The van der Waals surface area contributed by atoms with E-state index in [-0.39, 0.29) is 5.56 Å². The first kappa shape index (κ1) is 17.7. The lowest BCUT2D eigenvalue weighted by Crippen LogP contribution is -2.22. The summed E-state index contributed by atoms with van der Waals surface area (Å²) in [6.45, 7) is 0. The Morgan fingerprint density at radius 2 is 1.67 bits per heavy atom. The summed E-state index contributed by atoms with van der Waals surface area (Å²) >= 11 is 2.98. The molecule has 0 radical (unpaired) electrons. The SMILES string of the molecule is O=C(c1cccc(Br)c1)C(F)(F)F.O=S(=O)(Cl)Cl. The second kappa shape index (κ2) is 6.74. The molecule has 102 valence electrons. The van der Waals surface area contributed by atoms with Crippen molar-refractivity contribution < 1.29 is 26.4 Å². The van der Waals surface area contributed by atoms with E-state index in [1.54, 1.807) is 6.07 Å². The average molecular weight is 388 g/mol. The summed E-state index contributed by atoms with van der Waals surface area (Å²) in [4.78, 5) is 10.7. The van der Waals surface area contributed by atoms with Crippen LogP contribution in [0.15, 0.2) is 28.7 Å². The standard InChI is InChI=1S/C8H4BrF3O.Cl2O2S/c9-6-3-1-2-5(4-6)7(13)8(10,11)12;1-5(2,3)4/h1-4H;. The van der Waals surface area contributed by atoms with Crippen LogP contribution in [0.5, 0.6) is 0 Å². The molecule has 0 spiro atoms. The second-order valence-electron chi connectivity index (χ2n) is 2.72. The van der Waals surface area contributed by atoms with Gasteiger partial charge in [-0.3, -0.25) is 4.79 Å². The lowest BCUT2D eigenvalue weighted by atomic mass is 10.1. The fourth-order valence-electron chi connectivity index (χ4n) is 0.793.